The SMILES string of the molecule is C=Cc1c(C)c2cc3[nH]c(cc4nc(cc5nc(cc1[nH]2)C(C)=C5CCC(=O)OCCS)C(CCC(=O)OCCS)=C4C)c(C)c3C=C. The average Bonchev–Trinajstić information content (AvgIpc) is 3.73. The Morgan fingerprint density at radius 2 is 1.08 bits per heavy atom. The fourth-order valence-corrected chi connectivity index (χ4v) is 6.40. The molecule has 5 rings (SSSR count). The van der Waals surface area contributed by atoms with Crippen LogP contribution in [0.3, 0.4) is 0 Å². The number of hydrogen-bond donors (Lipinski definition) is 4. The Hall–Kier alpha value is -4.28. The van der Waals surface area contributed by atoms with E-state index in [9.17, 15) is 9.59 Å². The van der Waals surface area contributed by atoms with E-state index >= 15 is 0 Å². The Kier molecular flexibility index (Phi) is 11.2. The molecule has 0 unspecified atom stereocenters. The summed E-state index contributed by atoms with van der Waals surface area (Å²) in [5.74, 6) is 0.360. The molecule has 0 amide bonds. The maximum absolute atomic E-state index is 12.5. The van der Waals surface area contributed by atoms with Crippen LogP contribution in [0.2, 0.25) is 0 Å². The third kappa shape index (κ3) is 7.24. The van der Waals surface area contributed by atoms with Gasteiger partial charge < -0.3 is 19.4 Å². The molecule has 3 aromatic rings. The van der Waals surface area contributed by atoms with Crippen molar-refractivity contribution in [2.45, 2.75) is 53.4 Å². The number of allylic oxidation sites excluding steroid dienone is 4. The first-order chi connectivity index (χ1) is 23.1. The Bertz CT molecular complexity index is 2030. The summed E-state index contributed by atoms with van der Waals surface area (Å²) in [5, 5.41) is 0. The monoisotopic (exact) mass is 682 g/mol. The number of aromatic nitrogens is 4. The van der Waals surface area contributed by atoms with Crippen molar-refractivity contribution in [2.24, 2.45) is 0 Å². The Balaban J connectivity index is 1.79. The first-order valence-electron chi connectivity index (χ1n) is 16.0. The summed E-state index contributed by atoms with van der Waals surface area (Å²) >= 11 is 8.31. The molecular formula is C38H42N4O4S2. The number of carbonyl (C=O) groups is 2. The topological polar surface area (TPSA) is 110 Å². The van der Waals surface area contributed by atoms with Crippen molar-refractivity contribution in [1.82, 2.24) is 19.9 Å². The zero-order chi connectivity index (χ0) is 34.5. The van der Waals surface area contributed by atoms with E-state index in [0.29, 0.717) is 24.3 Å². The number of rotatable bonds is 12. The molecule has 0 fully saturated rings. The van der Waals surface area contributed by atoms with E-state index < -0.39 is 0 Å². The molecule has 2 aliphatic heterocycles. The Labute approximate surface area is 292 Å². The van der Waals surface area contributed by atoms with E-state index in [-0.39, 0.29) is 38.0 Å². The first kappa shape index (κ1) is 35.0. The average molecular weight is 683 g/mol. The molecular weight excluding hydrogens is 641 g/mol. The Morgan fingerprint density at radius 3 is 1.52 bits per heavy atom. The van der Waals surface area contributed by atoms with E-state index in [1.807, 2.05) is 44.2 Å². The van der Waals surface area contributed by atoms with Gasteiger partial charge in [0, 0.05) is 57.5 Å². The molecule has 2 N–H and O–H groups in total. The second-order valence-electron chi connectivity index (χ2n) is 11.8. The van der Waals surface area contributed by atoms with Gasteiger partial charge in [-0.3, -0.25) is 9.59 Å². The molecule has 5 heterocycles. The molecule has 8 nitrogen and oxygen atoms in total. The van der Waals surface area contributed by atoms with Crippen molar-refractivity contribution in [2.75, 3.05) is 24.7 Å². The van der Waals surface area contributed by atoms with Gasteiger partial charge >= 0.3 is 11.9 Å². The van der Waals surface area contributed by atoms with Crippen LogP contribution in [0.25, 0.3) is 56.5 Å². The van der Waals surface area contributed by atoms with Gasteiger partial charge in [-0.2, -0.15) is 25.3 Å². The number of H-pyrrole nitrogens is 2. The van der Waals surface area contributed by atoms with Crippen LogP contribution in [0.1, 0.15) is 84.6 Å². The summed E-state index contributed by atoms with van der Waals surface area (Å²) in [6.45, 7) is 16.9. The zero-order valence-corrected chi connectivity index (χ0v) is 29.7. The minimum Gasteiger partial charge on any atom is -0.465 e. The number of ether oxygens (including phenoxy) is 2. The van der Waals surface area contributed by atoms with E-state index in [1.54, 1.807) is 0 Å². The van der Waals surface area contributed by atoms with Crippen LogP contribution < -0.4 is 0 Å². The molecule has 3 aromatic heterocycles. The smallest absolute Gasteiger partial charge is 0.306 e. The third-order valence-electron chi connectivity index (χ3n) is 8.91. The molecule has 250 valence electrons. The summed E-state index contributed by atoms with van der Waals surface area (Å²) in [7, 11) is 0. The molecule has 0 saturated heterocycles. The lowest BCUT2D eigenvalue weighted by Crippen LogP contribution is -2.07. The van der Waals surface area contributed by atoms with Crippen LogP contribution in [0.4, 0.5) is 0 Å². The highest BCUT2D eigenvalue weighted by atomic mass is 32.1. The van der Waals surface area contributed by atoms with Crippen molar-refractivity contribution in [3.8, 4) is 0 Å². The maximum Gasteiger partial charge on any atom is 0.306 e. The van der Waals surface area contributed by atoms with Crippen LogP contribution in [-0.2, 0) is 19.1 Å². The molecule has 48 heavy (non-hydrogen) atoms. The van der Waals surface area contributed by atoms with Gasteiger partial charge in [-0.1, -0.05) is 25.3 Å². The van der Waals surface area contributed by atoms with Crippen molar-refractivity contribution >= 4 is 93.7 Å². The minimum absolute atomic E-state index is 0.204. The van der Waals surface area contributed by atoms with Crippen molar-refractivity contribution < 1.29 is 19.1 Å². The van der Waals surface area contributed by atoms with Gasteiger partial charge in [0.25, 0.3) is 0 Å². The summed E-state index contributed by atoms with van der Waals surface area (Å²) in [6, 6.07) is 8.14. The lowest BCUT2D eigenvalue weighted by atomic mass is 9.98. The highest BCUT2D eigenvalue weighted by Crippen LogP contribution is 2.38. The molecule has 0 aromatic carbocycles. The van der Waals surface area contributed by atoms with Crippen LogP contribution in [0.5, 0.6) is 0 Å². The lowest BCUT2D eigenvalue weighted by Gasteiger charge is -2.07. The standard InChI is InChI=1S/C38H42N4O4S2/c1-7-25-21(3)29-17-30-23(5)27(9-11-37(43)45-13-15-47)35(41-30)20-36-28(10-12-38(44)46-14-16-48)24(6)32(42-36)19-34-26(8-2)22(4)31(40-34)18-33(25)39-29/h7-8,17-20,39-40,47-48H,1-2,9-16H2,3-6H3. The van der Waals surface area contributed by atoms with Gasteiger partial charge in [-0.05, 0) is 98.2 Å². The van der Waals surface area contributed by atoms with Crippen LogP contribution in [0.15, 0.2) is 37.4 Å². The second-order valence-corrected chi connectivity index (χ2v) is 12.7. The quantitative estimate of drug-likeness (QED) is 0.113. The Morgan fingerprint density at radius 1 is 0.667 bits per heavy atom. The molecule has 8 bridgehead atoms. The number of hydrogen-bond acceptors (Lipinski definition) is 8. The summed E-state index contributed by atoms with van der Waals surface area (Å²) in [4.78, 5) is 42.5. The first-order valence-corrected chi connectivity index (χ1v) is 17.3. The summed E-state index contributed by atoms with van der Waals surface area (Å²) < 4.78 is 10.6. The lowest BCUT2D eigenvalue weighted by molar-refractivity contribution is -0.143. The predicted octanol–water partition coefficient (Wildman–Crippen LogP) is 8.59. The number of carbonyl (C=O) groups excluding carboxylic acids is 2. The molecule has 0 saturated carbocycles. The zero-order valence-electron chi connectivity index (χ0n) is 28.0. The van der Waals surface area contributed by atoms with Crippen LogP contribution in [0, 0.1) is 13.8 Å². The largest absolute Gasteiger partial charge is 0.465 e. The fraction of sp³-hybridized carbons (Fsp3) is 0.316. The highest BCUT2D eigenvalue weighted by Gasteiger charge is 2.23. The maximum atomic E-state index is 12.5. The van der Waals surface area contributed by atoms with Gasteiger partial charge in [-0.15, -0.1) is 0 Å². The summed E-state index contributed by atoms with van der Waals surface area (Å²) in [6.07, 6.45) is 5.02. The van der Waals surface area contributed by atoms with E-state index in [0.717, 1.165) is 89.4 Å². The normalized spacial score (nSPS) is 12.8. The van der Waals surface area contributed by atoms with E-state index in [4.69, 9.17) is 19.4 Å². The molecule has 0 aliphatic carbocycles. The number of thiol groups is 2. The number of aromatic amines is 2. The van der Waals surface area contributed by atoms with Gasteiger partial charge in [0.15, 0.2) is 0 Å². The molecule has 0 radical (unpaired) electrons. The van der Waals surface area contributed by atoms with Gasteiger partial charge in [0.2, 0.25) is 0 Å². The van der Waals surface area contributed by atoms with Gasteiger partial charge in [-0.25, -0.2) is 9.97 Å². The minimum atomic E-state index is -0.285. The van der Waals surface area contributed by atoms with Gasteiger partial charge in [0.1, 0.15) is 13.2 Å². The van der Waals surface area contributed by atoms with Crippen molar-refractivity contribution in [3.05, 3.63) is 82.5 Å². The van der Waals surface area contributed by atoms with E-state index in [1.165, 1.54) is 0 Å². The second kappa shape index (κ2) is 15.3. The van der Waals surface area contributed by atoms with Gasteiger partial charge in [0.05, 0.1) is 22.8 Å². The van der Waals surface area contributed by atoms with Crippen LogP contribution in [-0.4, -0.2) is 56.6 Å². The fourth-order valence-electron chi connectivity index (χ4n) is 6.22. The third-order valence-corrected chi connectivity index (χ3v) is 9.27. The predicted molar refractivity (Wildman–Crippen MR) is 204 cm³/mol. The highest BCUT2D eigenvalue weighted by molar-refractivity contribution is 7.80. The molecule has 10 heteroatoms. The van der Waals surface area contributed by atoms with Crippen molar-refractivity contribution in [3.63, 3.8) is 0 Å². The number of esters is 2. The number of fused-ring (bicyclic) bond motifs is 8. The summed E-state index contributed by atoms with van der Waals surface area (Å²) in [5.41, 5.74) is 14.6. The van der Waals surface area contributed by atoms with Crippen molar-refractivity contribution in [1.29, 1.82) is 0 Å². The van der Waals surface area contributed by atoms with Crippen LogP contribution >= 0.6 is 25.3 Å². The number of aryl methyl sites for hydroxylation is 2. The molecule has 0 spiro atoms. The number of nitrogens with one attached hydrogen (secondary N) is 2. The van der Waals surface area contributed by atoms with E-state index in [2.05, 4.69) is 68.3 Å². The number of nitrogens with zero attached hydrogens (tertiary/aromatic N) is 2. The molecule has 2 aliphatic rings. The molecule has 0 atom stereocenters.